The number of nitrogens with two attached hydrogens (primary N) is 2. The van der Waals surface area contributed by atoms with Gasteiger partial charge in [0.1, 0.15) is 0 Å². The van der Waals surface area contributed by atoms with Crippen LogP contribution in [0, 0.1) is 0 Å². The van der Waals surface area contributed by atoms with Gasteiger partial charge in [0.25, 0.3) is 0 Å². The van der Waals surface area contributed by atoms with E-state index in [9.17, 15) is 0 Å². The van der Waals surface area contributed by atoms with Crippen molar-refractivity contribution in [1.29, 1.82) is 0 Å². The lowest BCUT2D eigenvalue weighted by molar-refractivity contribution is 0.828. The van der Waals surface area contributed by atoms with Crippen LogP contribution < -0.4 is 11.5 Å². The summed E-state index contributed by atoms with van der Waals surface area (Å²) in [5, 5.41) is 0. The summed E-state index contributed by atoms with van der Waals surface area (Å²) in [5.41, 5.74) is 13.4. The second-order valence-electron chi connectivity index (χ2n) is 2.77. The van der Waals surface area contributed by atoms with Crippen molar-refractivity contribution in [3.05, 3.63) is 24.0 Å². The van der Waals surface area contributed by atoms with Crippen molar-refractivity contribution in [1.82, 2.24) is 4.98 Å². The fourth-order valence-corrected chi connectivity index (χ4v) is 1.73. The topological polar surface area (TPSA) is 64.9 Å². The Kier molecular flexibility index (Phi) is 4.05. The third kappa shape index (κ3) is 2.90. The Bertz CT molecular complexity index is 265. The van der Waals surface area contributed by atoms with Gasteiger partial charge in [-0.25, -0.2) is 0 Å². The molecule has 72 valence electrons. The van der Waals surface area contributed by atoms with Crippen LogP contribution in [-0.4, -0.2) is 16.5 Å². The van der Waals surface area contributed by atoms with Crippen molar-refractivity contribution < 1.29 is 0 Å². The average molecular weight is 197 g/mol. The quantitative estimate of drug-likeness (QED) is 0.766. The number of hydrogen-bond acceptors (Lipinski definition) is 4. The van der Waals surface area contributed by atoms with E-state index in [-0.39, 0.29) is 6.04 Å². The molecule has 0 aliphatic carbocycles. The molecule has 1 aromatic heterocycles. The van der Waals surface area contributed by atoms with Gasteiger partial charge in [-0.05, 0) is 11.8 Å². The molecule has 4 N–H and O–H groups in total. The van der Waals surface area contributed by atoms with Gasteiger partial charge in [-0.1, -0.05) is 6.92 Å². The molecule has 0 saturated heterocycles. The lowest BCUT2D eigenvalue weighted by atomic mass is 10.1. The summed E-state index contributed by atoms with van der Waals surface area (Å²) in [6.07, 6.45) is 3.43. The number of anilines is 1. The highest BCUT2D eigenvalue weighted by Crippen LogP contribution is 2.20. The Hall–Kier alpha value is -0.740. The summed E-state index contributed by atoms with van der Waals surface area (Å²) in [5.74, 6) is 1.97. The molecule has 0 spiro atoms. The molecule has 0 saturated carbocycles. The molecular formula is C9H15N3S. The largest absolute Gasteiger partial charge is 0.398 e. The maximum Gasteiger partial charge on any atom is 0.0422 e. The van der Waals surface area contributed by atoms with Gasteiger partial charge in [0.2, 0.25) is 0 Å². The smallest absolute Gasteiger partial charge is 0.0422 e. The van der Waals surface area contributed by atoms with Crippen molar-refractivity contribution in [2.75, 3.05) is 17.2 Å². The summed E-state index contributed by atoms with van der Waals surface area (Å²) in [6.45, 7) is 2.12. The van der Waals surface area contributed by atoms with Crippen LogP contribution in [0.15, 0.2) is 18.5 Å². The van der Waals surface area contributed by atoms with E-state index in [1.54, 1.807) is 18.5 Å². The molecule has 0 bridgehead atoms. The Morgan fingerprint density at radius 3 is 3.00 bits per heavy atom. The first kappa shape index (κ1) is 10.3. The predicted molar refractivity (Wildman–Crippen MR) is 58.6 cm³/mol. The minimum atomic E-state index is -0.00125. The van der Waals surface area contributed by atoms with Crippen LogP contribution in [0.3, 0.4) is 0 Å². The molecule has 0 aromatic carbocycles. The first-order valence-corrected chi connectivity index (χ1v) is 5.44. The van der Waals surface area contributed by atoms with Crippen LogP contribution >= 0.6 is 11.8 Å². The fourth-order valence-electron chi connectivity index (χ4n) is 1.06. The van der Waals surface area contributed by atoms with E-state index in [1.807, 2.05) is 11.8 Å². The van der Waals surface area contributed by atoms with Gasteiger partial charge in [-0.3, -0.25) is 4.98 Å². The fraction of sp³-hybridized carbons (Fsp3) is 0.444. The lowest BCUT2D eigenvalue weighted by Gasteiger charge is -2.12. The van der Waals surface area contributed by atoms with Gasteiger partial charge in [0.05, 0.1) is 0 Å². The highest BCUT2D eigenvalue weighted by atomic mass is 32.2. The zero-order valence-corrected chi connectivity index (χ0v) is 8.55. The number of pyridine rings is 1. The first-order valence-electron chi connectivity index (χ1n) is 4.28. The molecule has 3 nitrogen and oxygen atoms in total. The highest BCUT2D eigenvalue weighted by Gasteiger charge is 2.08. The van der Waals surface area contributed by atoms with Crippen molar-refractivity contribution >= 4 is 17.4 Å². The summed E-state index contributed by atoms with van der Waals surface area (Å²) in [6, 6.07) is 1.78. The third-order valence-corrected chi connectivity index (χ3v) is 2.79. The molecule has 1 unspecified atom stereocenters. The maximum atomic E-state index is 5.94. The summed E-state index contributed by atoms with van der Waals surface area (Å²) < 4.78 is 0. The molecule has 1 aromatic rings. The summed E-state index contributed by atoms with van der Waals surface area (Å²) >= 11 is 1.81. The van der Waals surface area contributed by atoms with Crippen molar-refractivity contribution in [3.8, 4) is 0 Å². The van der Waals surface area contributed by atoms with Gasteiger partial charge < -0.3 is 11.5 Å². The normalized spacial score (nSPS) is 12.8. The number of hydrogen-bond donors (Lipinski definition) is 2. The zero-order valence-electron chi connectivity index (χ0n) is 7.73. The molecule has 1 atom stereocenters. The lowest BCUT2D eigenvalue weighted by Crippen LogP contribution is -2.15. The predicted octanol–water partition coefficient (Wildman–Crippen LogP) is 1.42. The van der Waals surface area contributed by atoms with Gasteiger partial charge in [-0.15, -0.1) is 0 Å². The molecule has 4 heteroatoms. The van der Waals surface area contributed by atoms with E-state index >= 15 is 0 Å². The van der Waals surface area contributed by atoms with Crippen LogP contribution in [0.5, 0.6) is 0 Å². The van der Waals surface area contributed by atoms with Gasteiger partial charge in [0.15, 0.2) is 0 Å². The van der Waals surface area contributed by atoms with Gasteiger partial charge in [0, 0.05) is 35.4 Å². The van der Waals surface area contributed by atoms with E-state index in [2.05, 4.69) is 11.9 Å². The molecule has 1 heterocycles. The van der Waals surface area contributed by atoms with Crippen LogP contribution in [0.2, 0.25) is 0 Å². The summed E-state index contributed by atoms with van der Waals surface area (Å²) in [7, 11) is 0. The highest BCUT2D eigenvalue weighted by molar-refractivity contribution is 7.99. The van der Waals surface area contributed by atoms with E-state index in [1.165, 1.54) is 0 Å². The Morgan fingerprint density at radius 1 is 1.62 bits per heavy atom. The average Bonchev–Trinajstić information content (AvgIpc) is 2.15. The second-order valence-corrected chi connectivity index (χ2v) is 4.09. The molecular weight excluding hydrogens is 182 g/mol. The Labute approximate surface area is 82.9 Å². The number of thioether (sulfide) groups is 1. The molecule has 13 heavy (non-hydrogen) atoms. The third-order valence-electron chi connectivity index (χ3n) is 1.79. The summed E-state index contributed by atoms with van der Waals surface area (Å²) in [4.78, 5) is 4.01. The number of nitrogen functional groups attached to an aromatic ring is 1. The van der Waals surface area contributed by atoms with E-state index in [0.29, 0.717) is 0 Å². The molecule has 0 fully saturated rings. The van der Waals surface area contributed by atoms with E-state index < -0.39 is 0 Å². The minimum absolute atomic E-state index is 0.00125. The number of aromatic nitrogens is 1. The van der Waals surface area contributed by atoms with Gasteiger partial charge in [-0.2, -0.15) is 11.8 Å². The van der Waals surface area contributed by atoms with Crippen molar-refractivity contribution in [2.24, 2.45) is 5.73 Å². The number of nitrogens with zero attached hydrogens (tertiary/aromatic N) is 1. The Morgan fingerprint density at radius 2 is 2.38 bits per heavy atom. The van der Waals surface area contributed by atoms with E-state index in [4.69, 9.17) is 11.5 Å². The second kappa shape index (κ2) is 5.09. The minimum Gasteiger partial charge on any atom is -0.398 e. The van der Waals surface area contributed by atoms with Gasteiger partial charge >= 0.3 is 0 Å². The molecule has 0 radical (unpaired) electrons. The van der Waals surface area contributed by atoms with Crippen LogP contribution in [0.4, 0.5) is 5.69 Å². The first-order chi connectivity index (χ1) is 6.25. The maximum absolute atomic E-state index is 5.94. The van der Waals surface area contributed by atoms with Crippen molar-refractivity contribution in [2.45, 2.75) is 13.0 Å². The number of rotatable bonds is 4. The molecule has 0 aliphatic heterocycles. The van der Waals surface area contributed by atoms with Crippen LogP contribution in [0.25, 0.3) is 0 Å². The SMILES string of the molecule is CCSCC(N)c1cnccc1N. The molecule has 0 aliphatic rings. The zero-order chi connectivity index (χ0) is 9.68. The van der Waals surface area contributed by atoms with Crippen molar-refractivity contribution in [3.63, 3.8) is 0 Å². The van der Waals surface area contributed by atoms with Crippen LogP contribution in [0.1, 0.15) is 18.5 Å². The van der Waals surface area contributed by atoms with Crippen LogP contribution in [-0.2, 0) is 0 Å². The monoisotopic (exact) mass is 197 g/mol. The van der Waals surface area contributed by atoms with E-state index in [0.717, 1.165) is 22.8 Å². The molecule has 1 rings (SSSR count). The molecule has 0 amide bonds. The standard InChI is InChI=1S/C9H15N3S/c1-2-13-6-9(11)7-5-12-4-3-8(7)10/h3-5,9H,2,6,11H2,1H3,(H2,10,12). The Balaban J connectivity index is 2.65.